The van der Waals surface area contributed by atoms with Gasteiger partial charge in [0.1, 0.15) is 21.3 Å². The van der Waals surface area contributed by atoms with Crippen molar-refractivity contribution < 1.29 is 22.7 Å². The molecule has 2 aromatic heterocycles. The number of aromatic nitrogens is 2. The van der Waals surface area contributed by atoms with Crippen molar-refractivity contribution in [2.24, 2.45) is 0 Å². The van der Waals surface area contributed by atoms with Gasteiger partial charge in [0.15, 0.2) is 0 Å². The average molecular weight is 457 g/mol. The maximum atomic E-state index is 12.8. The molecule has 0 aliphatic carbocycles. The lowest BCUT2D eigenvalue weighted by molar-refractivity contribution is -0.0440. The molecule has 1 aliphatic rings. The van der Waals surface area contributed by atoms with Gasteiger partial charge in [0, 0.05) is 19.6 Å². The molecule has 0 amide bonds. The number of aryl methyl sites for hydroxylation is 2. The molecule has 1 fully saturated rings. The normalized spacial score (nSPS) is 20.4. The number of ether oxygens (including phenoxy) is 2. The van der Waals surface area contributed by atoms with E-state index in [-0.39, 0.29) is 30.5 Å². The highest BCUT2D eigenvalue weighted by Crippen LogP contribution is 2.34. The Morgan fingerprint density at radius 3 is 2.57 bits per heavy atom. The zero-order chi connectivity index (χ0) is 22.1. The number of esters is 1. The van der Waals surface area contributed by atoms with E-state index in [0.29, 0.717) is 41.0 Å². The summed E-state index contributed by atoms with van der Waals surface area (Å²) in [4.78, 5) is 22.3. The minimum Gasteiger partial charge on any atom is -0.462 e. The number of anilines is 1. The van der Waals surface area contributed by atoms with E-state index in [1.807, 2.05) is 20.8 Å². The average Bonchev–Trinajstić information content (AvgIpc) is 2.97. The number of hydrogen-bond acceptors (Lipinski definition) is 9. The minimum atomic E-state index is -3.43. The van der Waals surface area contributed by atoms with Crippen molar-refractivity contribution in [3.63, 3.8) is 0 Å². The van der Waals surface area contributed by atoms with E-state index in [1.165, 1.54) is 15.6 Å². The van der Waals surface area contributed by atoms with Crippen LogP contribution in [0.25, 0.3) is 10.2 Å². The predicted octanol–water partition coefficient (Wildman–Crippen LogP) is 2.34. The van der Waals surface area contributed by atoms with Crippen molar-refractivity contribution in [1.82, 2.24) is 14.3 Å². The lowest BCUT2D eigenvalue weighted by atomic mass is 10.2. The van der Waals surface area contributed by atoms with E-state index in [2.05, 4.69) is 15.3 Å². The molecule has 0 saturated carbocycles. The second kappa shape index (κ2) is 9.13. The first kappa shape index (κ1) is 22.9. The van der Waals surface area contributed by atoms with Crippen molar-refractivity contribution in [1.29, 1.82) is 0 Å². The Labute approximate surface area is 180 Å². The van der Waals surface area contributed by atoms with Crippen LogP contribution in [0.4, 0.5) is 5.82 Å². The SMILES string of the molecule is CCOC(=O)c1sc2nc(C)nc(NCCS(=O)(=O)N3CC(C)OC(C)C3)c2c1C. The smallest absolute Gasteiger partial charge is 0.348 e. The molecule has 11 heteroatoms. The van der Waals surface area contributed by atoms with Crippen LogP contribution in [0.15, 0.2) is 0 Å². The van der Waals surface area contributed by atoms with Gasteiger partial charge >= 0.3 is 5.97 Å². The minimum absolute atomic E-state index is 0.0646. The fourth-order valence-electron chi connectivity index (χ4n) is 3.55. The number of nitrogens with zero attached hydrogens (tertiary/aromatic N) is 3. The van der Waals surface area contributed by atoms with Gasteiger partial charge in [-0.3, -0.25) is 0 Å². The zero-order valence-corrected chi connectivity index (χ0v) is 19.5. The zero-order valence-electron chi connectivity index (χ0n) is 17.9. The molecule has 3 heterocycles. The van der Waals surface area contributed by atoms with Crippen molar-refractivity contribution >= 4 is 43.4 Å². The number of sulfonamides is 1. The molecule has 2 atom stereocenters. The third kappa shape index (κ3) is 4.90. The van der Waals surface area contributed by atoms with E-state index in [1.54, 1.807) is 13.8 Å². The monoisotopic (exact) mass is 456 g/mol. The topological polar surface area (TPSA) is 111 Å². The first-order valence-corrected chi connectivity index (χ1v) is 12.4. The summed E-state index contributed by atoms with van der Waals surface area (Å²) in [5, 5.41) is 3.86. The molecule has 9 nitrogen and oxygen atoms in total. The van der Waals surface area contributed by atoms with Gasteiger partial charge in [0.25, 0.3) is 0 Å². The van der Waals surface area contributed by atoms with Crippen LogP contribution in [0.2, 0.25) is 0 Å². The molecule has 2 aromatic rings. The van der Waals surface area contributed by atoms with Crippen LogP contribution in [0.5, 0.6) is 0 Å². The number of nitrogens with one attached hydrogen (secondary N) is 1. The maximum absolute atomic E-state index is 12.8. The summed E-state index contributed by atoms with van der Waals surface area (Å²) in [6.07, 6.45) is -0.259. The molecule has 166 valence electrons. The first-order chi connectivity index (χ1) is 14.1. The number of rotatable bonds is 7. The van der Waals surface area contributed by atoms with Gasteiger partial charge in [0.2, 0.25) is 10.0 Å². The molecule has 1 N–H and O–H groups in total. The Kier molecular flexibility index (Phi) is 6.95. The fraction of sp³-hybridized carbons (Fsp3) is 0.632. The Bertz CT molecular complexity index is 1030. The van der Waals surface area contributed by atoms with Gasteiger partial charge in [0.05, 0.1) is 30.0 Å². The summed E-state index contributed by atoms with van der Waals surface area (Å²) in [5.74, 6) is 0.617. The third-order valence-electron chi connectivity index (χ3n) is 4.79. The van der Waals surface area contributed by atoms with Crippen LogP contribution >= 0.6 is 11.3 Å². The van der Waals surface area contributed by atoms with Crippen LogP contribution in [0, 0.1) is 13.8 Å². The molecule has 3 rings (SSSR count). The van der Waals surface area contributed by atoms with Crippen LogP contribution in [-0.2, 0) is 19.5 Å². The molecular weight excluding hydrogens is 428 g/mol. The molecule has 30 heavy (non-hydrogen) atoms. The summed E-state index contributed by atoms with van der Waals surface area (Å²) in [6.45, 7) is 10.3. The standard InChI is InChI=1S/C19H28N4O5S2/c1-6-27-19(24)16-13(4)15-17(21-14(5)22-18(15)29-16)20-7-8-30(25,26)23-9-11(2)28-12(3)10-23/h11-12H,6-10H2,1-5H3,(H,20,21,22). The summed E-state index contributed by atoms with van der Waals surface area (Å²) in [7, 11) is -3.43. The van der Waals surface area contributed by atoms with Gasteiger partial charge in [-0.25, -0.2) is 23.2 Å². The Balaban J connectivity index is 1.78. The predicted molar refractivity (Wildman–Crippen MR) is 117 cm³/mol. The number of fused-ring (bicyclic) bond motifs is 1. The Morgan fingerprint density at radius 1 is 1.27 bits per heavy atom. The molecular formula is C19H28N4O5S2. The highest BCUT2D eigenvalue weighted by atomic mass is 32.2. The lowest BCUT2D eigenvalue weighted by Crippen LogP contribution is -2.49. The summed E-state index contributed by atoms with van der Waals surface area (Å²) < 4.78 is 37.8. The van der Waals surface area contributed by atoms with Gasteiger partial charge < -0.3 is 14.8 Å². The van der Waals surface area contributed by atoms with Crippen molar-refractivity contribution in [2.75, 3.05) is 37.3 Å². The third-order valence-corrected chi connectivity index (χ3v) is 7.77. The second-order valence-electron chi connectivity index (χ2n) is 7.39. The van der Waals surface area contributed by atoms with Crippen molar-refractivity contribution in [2.45, 2.75) is 46.8 Å². The van der Waals surface area contributed by atoms with E-state index >= 15 is 0 Å². The first-order valence-electron chi connectivity index (χ1n) is 9.94. The summed E-state index contributed by atoms with van der Waals surface area (Å²) >= 11 is 1.26. The van der Waals surface area contributed by atoms with Crippen LogP contribution in [0.3, 0.4) is 0 Å². The molecule has 0 spiro atoms. The second-order valence-corrected chi connectivity index (χ2v) is 10.5. The van der Waals surface area contributed by atoms with Crippen molar-refractivity contribution in [3.8, 4) is 0 Å². The maximum Gasteiger partial charge on any atom is 0.348 e. The van der Waals surface area contributed by atoms with Gasteiger partial charge in [-0.1, -0.05) is 0 Å². The van der Waals surface area contributed by atoms with Crippen LogP contribution in [0.1, 0.15) is 41.8 Å². The number of carbonyl (C=O) groups is 1. The molecule has 0 radical (unpaired) electrons. The Hall–Kier alpha value is -1.82. The number of morpholine rings is 1. The fourth-order valence-corrected chi connectivity index (χ4v) is 6.16. The molecule has 1 saturated heterocycles. The lowest BCUT2D eigenvalue weighted by Gasteiger charge is -2.34. The Morgan fingerprint density at radius 2 is 1.93 bits per heavy atom. The van der Waals surface area contributed by atoms with Crippen molar-refractivity contribution in [3.05, 3.63) is 16.3 Å². The van der Waals surface area contributed by atoms with Crippen LogP contribution in [-0.4, -0.2) is 72.9 Å². The van der Waals surface area contributed by atoms with E-state index in [4.69, 9.17) is 9.47 Å². The molecule has 0 bridgehead atoms. The summed E-state index contributed by atoms with van der Waals surface area (Å²) in [6, 6.07) is 0. The number of carbonyl (C=O) groups excluding carboxylic acids is 1. The number of thiophene rings is 1. The van der Waals surface area contributed by atoms with E-state index in [9.17, 15) is 13.2 Å². The van der Waals surface area contributed by atoms with E-state index in [0.717, 1.165) is 10.9 Å². The highest BCUT2D eigenvalue weighted by molar-refractivity contribution is 7.89. The number of hydrogen-bond donors (Lipinski definition) is 1. The molecule has 1 aliphatic heterocycles. The molecule has 0 aromatic carbocycles. The highest BCUT2D eigenvalue weighted by Gasteiger charge is 2.30. The largest absolute Gasteiger partial charge is 0.462 e. The van der Waals surface area contributed by atoms with Crippen LogP contribution < -0.4 is 5.32 Å². The van der Waals surface area contributed by atoms with Gasteiger partial charge in [-0.05, 0) is 40.2 Å². The van der Waals surface area contributed by atoms with Gasteiger partial charge in [-0.2, -0.15) is 4.31 Å². The molecule has 2 unspecified atom stereocenters. The van der Waals surface area contributed by atoms with Gasteiger partial charge in [-0.15, -0.1) is 11.3 Å². The van der Waals surface area contributed by atoms with E-state index < -0.39 is 10.0 Å². The quantitative estimate of drug-likeness (QED) is 0.632. The summed E-state index contributed by atoms with van der Waals surface area (Å²) in [5.41, 5.74) is 0.731.